The molecule has 0 atom stereocenters. The van der Waals surface area contributed by atoms with Crippen LogP contribution in [0, 0.1) is 18.7 Å². The molecule has 2 aromatic carbocycles. The summed E-state index contributed by atoms with van der Waals surface area (Å²) in [6.45, 7) is 3.63. The number of hydrogen-bond acceptors (Lipinski definition) is 5. The summed E-state index contributed by atoms with van der Waals surface area (Å²) in [5.41, 5.74) is 2.40. The van der Waals surface area contributed by atoms with Crippen LogP contribution < -0.4 is 10.2 Å². The zero-order valence-electron chi connectivity index (χ0n) is 18.1. The molecule has 1 saturated heterocycles. The Balaban J connectivity index is 1.27. The molecule has 1 N–H and O–H groups in total. The van der Waals surface area contributed by atoms with Gasteiger partial charge in [0.25, 0.3) is 0 Å². The van der Waals surface area contributed by atoms with Crippen molar-refractivity contribution in [2.45, 2.75) is 31.3 Å². The number of nitrogens with zero attached hydrogens (tertiary/aromatic N) is 3. The summed E-state index contributed by atoms with van der Waals surface area (Å²) in [6.07, 6.45) is 5.14. The van der Waals surface area contributed by atoms with Crippen molar-refractivity contribution in [3.63, 3.8) is 0 Å². The molecule has 5 nitrogen and oxygen atoms in total. The van der Waals surface area contributed by atoms with Gasteiger partial charge in [-0.15, -0.1) is 0 Å². The third-order valence-electron chi connectivity index (χ3n) is 5.71. The lowest BCUT2D eigenvalue weighted by atomic mass is 9.90. The van der Waals surface area contributed by atoms with Gasteiger partial charge in [-0.05, 0) is 61.4 Å². The summed E-state index contributed by atoms with van der Waals surface area (Å²) in [6, 6.07) is 17.3. The van der Waals surface area contributed by atoms with Crippen LogP contribution in [0.25, 0.3) is 0 Å². The molecule has 7 heteroatoms. The Labute approximate surface area is 192 Å². The van der Waals surface area contributed by atoms with Crippen LogP contribution in [0.3, 0.4) is 0 Å². The number of amides is 1. The van der Waals surface area contributed by atoms with Crippen molar-refractivity contribution in [3.05, 3.63) is 77.7 Å². The Morgan fingerprint density at radius 3 is 2.69 bits per heavy atom. The van der Waals surface area contributed by atoms with E-state index in [4.69, 9.17) is 0 Å². The minimum Gasteiger partial charge on any atom is -0.356 e. The van der Waals surface area contributed by atoms with Crippen LogP contribution in [0.2, 0.25) is 0 Å². The summed E-state index contributed by atoms with van der Waals surface area (Å²) in [4.78, 5) is 23.5. The van der Waals surface area contributed by atoms with Crippen LogP contribution in [0.1, 0.15) is 24.0 Å². The number of carbonyl (C=O) groups excluding carboxylic acids is 1. The second kappa shape index (κ2) is 10.6. The first-order valence-corrected chi connectivity index (χ1v) is 11.9. The second-order valence-corrected chi connectivity index (χ2v) is 9.06. The van der Waals surface area contributed by atoms with Crippen LogP contribution >= 0.6 is 11.8 Å². The molecule has 0 saturated carbocycles. The summed E-state index contributed by atoms with van der Waals surface area (Å²) >= 11 is 1.28. The normalized spacial score (nSPS) is 14.4. The predicted octanol–water partition coefficient (Wildman–Crippen LogP) is 5.11. The molecule has 4 rings (SSSR count). The molecule has 0 unspecified atom stereocenters. The lowest BCUT2D eigenvalue weighted by molar-refractivity contribution is -0.113. The zero-order chi connectivity index (χ0) is 22.3. The van der Waals surface area contributed by atoms with Gasteiger partial charge in [-0.1, -0.05) is 48.2 Å². The highest BCUT2D eigenvalue weighted by Crippen LogP contribution is 2.26. The van der Waals surface area contributed by atoms with Crippen LogP contribution in [-0.2, 0) is 11.2 Å². The number of carbonyl (C=O) groups is 1. The number of aromatic nitrogens is 2. The quantitative estimate of drug-likeness (QED) is 0.400. The van der Waals surface area contributed by atoms with Gasteiger partial charge in [0.05, 0.1) is 5.75 Å². The number of halogens is 1. The monoisotopic (exact) mass is 450 g/mol. The average molecular weight is 451 g/mol. The van der Waals surface area contributed by atoms with E-state index in [1.165, 1.54) is 23.4 Å². The molecule has 0 spiro atoms. The van der Waals surface area contributed by atoms with Crippen molar-refractivity contribution in [3.8, 4) is 0 Å². The maximum Gasteiger partial charge on any atom is 0.234 e. The van der Waals surface area contributed by atoms with E-state index in [0.717, 1.165) is 38.2 Å². The number of piperidine rings is 1. The maximum atomic E-state index is 13.7. The Bertz CT molecular complexity index is 1050. The topological polar surface area (TPSA) is 58.1 Å². The fourth-order valence-corrected chi connectivity index (χ4v) is 4.51. The van der Waals surface area contributed by atoms with Crippen LogP contribution in [0.4, 0.5) is 15.9 Å². The first-order chi connectivity index (χ1) is 15.6. The van der Waals surface area contributed by atoms with E-state index >= 15 is 0 Å². The van der Waals surface area contributed by atoms with Crippen molar-refractivity contribution in [1.82, 2.24) is 9.97 Å². The molecule has 1 fully saturated rings. The summed E-state index contributed by atoms with van der Waals surface area (Å²) in [7, 11) is 0. The van der Waals surface area contributed by atoms with Gasteiger partial charge in [-0.3, -0.25) is 4.79 Å². The Morgan fingerprint density at radius 2 is 1.94 bits per heavy atom. The SMILES string of the molecule is Cc1ccc(NC(=O)CSc2nccc(N3CCC(Cc4ccccc4)CC3)n2)cc1F. The Hall–Kier alpha value is -2.93. The molecule has 0 bridgehead atoms. The minimum absolute atomic E-state index is 0.165. The van der Waals surface area contributed by atoms with Gasteiger partial charge in [-0.25, -0.2) is 14.4 Å². The Kier molecular flexibility index (Phi) is 7.37. The lowest BCUT2D eigenvalue weighted by Gasteiger charge is -2.33. The molecule has 32 heavy (non-hydrogen) atoms. The molecule has 166 valence electrons. The first-order valence-electron chi connectivity index (χ1n) is 10.9. The number of benzene rings is 2. The molecular weight excluding hydrogens is 423 g/mol. The van der Waals surface area contributed by atoms with Crippen molar-refractivity contribution >= 4 is 29.2 Å². The van der Waals surface area contributed by atoms with Gasteiger partial charge < -0.3 is 10.2 Å². The van der Waals surface area contributed by atoms with Crippen LogP contribution in [-0.4, -0.2) is 34.7 Å². The summed E-state index contributed by atoms with van der Waals surface area (Å²) in [5, 5.41) is 3.29. The smallest absolute Gasteiger partial charge is 0.234 e. The zero-order valence-corrected chi connectivity index (χ0v) is 18.9. The van der Waals surface area contributed by atoms with Crippen molar-refractivity contribution in [2.24, 2.45) is 5.92 Å². The number of thioether (sulfide) groups is 1. The lowest BCUT2D eigenvalue weighted by Crippen LogP contribution is -2.35. The fourth-order valence-electron chi connectivity index (χ4n) is 3.89. The molecule has 2 heterocycles. The first kappa shape index (κ1) is 22.3. The third-order valence-corrected chi connectivity index (χ3v) is 6.57. The molecule has 0 radical (unpaired) electrons. The third kappa shape index (κ3) is 6.07. The Morgan fingerprint density at radius 1 is 1.16 bits per heavy atom. The van der Waals surface area contributed by atoms with E-state index in [1.807, 2.05) is 6.07 Å². The molecular formula is C25H27FN4OS. The van der Waals surface area contributed by atoms with E-state index in [-0.39, 0.29) is 17.5 Å². The summed E-state index contributed by atoms with van der Waals surface area (Å²) in [5.74, 6) is 1.22. The number of aryl methyl sites for hydroxylation is 1. The van der Waals surface area contributed by atoms with E-state index < -0.39 is 0 Å². The maximum absolute atomic E-state index is 13.7. The molecule has 1 amide bonds. The fraction of sp³-hybridized carbons (Fsp3) is 0.320. The molecule has 0 aliphatic carbocycles. The van der Waals surface area contributed by atoms with Crippen molar-refractivity contribution < 1.29 is 9.18 Å². The van der Waals surface area contributed by atoms with Crippen LogP contribution in [0.5, 0.6) is 0 Å². The van der Waals surface area contributed by atoms with Gasteiger partial charge >= 0.3 is 0 Å². The van der Waals surface area contributed by atoms with Gasteiger partial charge in [0.2, 0.25) is 5.91 Å². The van der Waals surface area contributed by atoms with E-state index in [1.54, 1.807) is 25.3 Å². The average Bonchev–Trinajstić information content (AvgIpc) is 2.81. The summed E-state index contributed by atoms with van der Waals surface area (Å²) < 4.78 is 13.7. The largest absolute Gasteiger partial charge is 0.356 e. The van der Waals surface area contributed by atoms with E-state index in [2.05, 4.69) is 50.5 Å². The van der Waals surface area contributed by atoms with Gasteiger partial charge in [-0.2, -0.15) is 0 Å². The molecule has 1 aliphatic heterocycles. The standard InChI is InChI=1S/C25H27FN4OS/c1-18-7-8-21(16-22(18)26)28-24(31)17-32-25-27-12-9-23(29-25)30-13-10-20(11-14-30)15-19-5-3-2-4-6-19/h2-9,12,16,20H,10-11,13-15,17H2,1H3,(H,28,31). The highest BCUT2D eigenvalue weighted by atomic mass is 32.2. The predicted molar refractivity (Wildman–Crippen MR) is 128 cm³/mol. The van der Waals surface area contributed by atoms with Gasteiger partial charge in [0, 0.05) is 25.0 Å². The highest BCUT2D eigenvalue weighted by molar-refractivity contribution is 7.99. The molecule has 1 aromatic heterocycles. The number of rotatable bonds is 7. The highest BCUT2D eigenvalue weighted by Gasteiger charge is 2.21. The van der Waals surface area contributed by atoms with Crippen molar-refractivity contribution in [1.29, 1.82) is 0 Å². The molecule has 1 aliphatic rings. The minimum atomic E-state index is -0.334. The van der Waals surface area contributed by atoms with Gasteiger partial charge in [0.15, 0.2) is 5.16 Å². The number of hydrogen-bond donors (Lipinski definition) is 1. The second-order valence-electron chi connectivity index (χ2n) is 8.12. The molecule has 3 aromatic rings. The van der Waals surface area contributed by atoms with E-state index in [9.17, 15) is 9.18 Å². The van der Waals surface area contributed by atoms with Crippen LogP contribution in [0.15, 0.2) is 66.0 Å². The number of nitrogens with one attached hydrogen (secondary N) is 1. The van der Waals surface area contributed by atoms with E-state index in [0.29, 0.717) is 22.3 Å². The van der Waals surface area contributed by atoms with Crippen molar-refractivity contribution in [2.75, 3.05) is 29.1 Å². The number of anilines is 2. The van der Waals surface area contributed by atoms with Gasteiger partial charge in [0.1, 0.15) is 11.6 Å².